The summed E-state index contributed by atoms with van der Waals surface area (Å²) in [5.74, 6) is -6.01. The van der Waals surface area contributed by atoms with E-state index in [2.05, 4.69) is 10.5 Å². The maximum Gasteiger partial charge on any atom is 0.274 e. The van der Waals surface area contributed by atoms with Gasteiger partial charge in [-0.2, -0.15) is 0 Å². The first-order valence-corrected chi connectivity index (χ1v) is 12.8. The standard InChI is InChI=1S/C24H23F3N4O5S/c1-11-3-4-24(7-18(37-2)29-36-24)17-10-30(11)23(35)19-21(33)20(32)14(9-31(17)19)22(34)28-8-13-15(26)5-12(25)6-16(13)27/h5-6,9,11,17,33H,3-4,7-8,10H2,1-2H3,(H,28,34)/t11-,17+,24-/m0/s1. The Morgan fingerprint density at radius 2 is 2.00 bits per heavy atom. The molecule has 2 N–H and O–H groups in total. The SMILES string of the molecule is CSC1=NO[C@@]2(CC[C@H](C)N3C[C@H]2n2cc(C(=O)NCc4c(F)cc(F)cc4F)c(=O)c(O)c2C3=O)C1. The van der Waals surface area contributed by atoms with Crippen LogP contribution >= 0.6 is 11.8 Å². The van der Waals surface area contributed by atoms with Gasteiger partial charge in [0.15, 0.2) is 17.0 Å². The Bertz CT molecular complexity index is 1390. The van der Waals surface area contributed by atoms with Crippen LogP contribution in [0.4, 0.5) is 13.2 Å². The molecule has 0 aliphatic carbocycles. The van der Waals surface area contributed by atoms with Crippen molar-refractivity contribution in [1.29, 1.82) is 0 Å². The van der Waals surface area contributed by atoms with Crippen molar-refractivity contribution in [3.63, 3.8) is 0 Å². The maximum absolute atomic E-state index is 14.0. The van der Waals surface area contributed by atoms with Crippen LogP contribution in [-0.2, 0) is 11.4 Å². The first-order valence-electron chi connectivity index (χ1n) is 11.6. The number of aromatic nitrogens is 1. The average Bonchev–Trinajstić information content (AvgIpc) is 3.23. The molecule has 37 heavy (non-hydrogen) atoms. The van der Waals surface area contributed by atoms with Crippen LogP contribution in [0.3, 0.4) is 0 Å². The molecule has 1 aromatic heterocycles. The number of carbonyl (C=O) groups is 2. The normalized spacial score (nSPS) is 24.4. The lowest BCUT2D eigenvalue weighted by molar-refractivity contribution is -0.0655. The van der Waals surface area contributed by atoms with Crippen LogP contribution in [-0.4, -0.2) is 55.9 Å². The minimum atomic E-state index is -1.20. The van der Waals surface area contributed by atoms with E-state index in [9.17, 15) is 32.7 Å². The van der Waals surface area contributed by atoms with Crippen LogP contribution in [0.25, 0.3) is 0 Å². The molecular formula is C24H23F3N4O5S. The fourth-order valence-corrected chi connectivity index (χ4v) is 5.70. The Hall–Kier alpha value is -3.48. The zero-order valence-corrected chi connectivity index (χ0v) is 20.7. The van der Waals surface area contributed by atoms with E-state index in [-0.39, 0.29) is 18.3 Å². The quantitative estimate of drug-likeness (QED) is 0.624. The van der Waals surface area contributed by atoms with E-state index in [1.54, 1.807) is 4.90 Å². The number of halogens is 3. The number of fused-ring (bicyclic) bond motifs is 5. The number of amides is 2. The van der Waals surface area contributed by atoms with Gasteiger partial charge in [0.05, 0.1) is 6.04 Å². The van der Waals surface area contributed by atoms with Gasteiger partial charge < -0.3 is 24.7 Å². The predicted octanol–water partition coefficient (Wildman–Crippen LogP) is 2.92. The molecule has 2 bridgehead atoms. The van der Waals surface area contributed by atoms with Gasteiger partial charge in [-0.05, 0) is 26.0 Å². The van der Waals surface area contributed by atoms with Gasteiger partial charge in [0, 0.05) is 49.4 Å². The highest BCUT2D eigenvalue weighted by atomic mass is 32.2. The minimum absolute atomic E-state index is 0.192. The molecule has 0 saturated carbocycles. The van der Waals surface area contributed by atoms with Gasteiger partial charge in [0.1, 0.15) is 28.1 Å². The summed E-state index contributed by atoms with van der Waals surface area (Å²) in [6.07, 6.45) is 4.62. The Labute approximate surface area is 213 Å². The Morgan fingerprint density at radius 3 is 2.65 bits per heavy atom. The topological polar surface area (TPSA) is 113 Å². The van der Waals surface area contributed by atoms with Crippen LogP contribution in [0.5, 0.6) is 5.75 Å². The van der Waals surface area contributed by atoms with Crippen LogP contribution in [0, 0.1) is 17.5 Å². The molecule has 2 amide bonds. The Kier molecular flexibility index (Phi) is 6.21. The molecule has 1 fully saturated rings. The molecule has 4 heterocycles. The molecule has 3 atom stereocenters. The lowest BCUT2D eigenvalue weighted by Gasteiger charge is -2.41. The third-order valence-electron chi connectivity index (χ3n) is 7.30. The lowest BCUT2D eigenvalue weighted by Crippen LogP contribution is -2.52. The number of rotatable bonds is 3. The predicted molar refractivity (Wildman–Crippen MR) is 128 cm³/mol. The molecule has 1 aromatic carbocycles. The number of thioether (sulfide) groups is 1. The largest absolute Gasteiger partial charge is 0.503 e. The summed E-state index contributed by atoms with van der Waals surface area (Å²) < 4.78 is 42.6. The van der Waals surface area contributed by atoms with Gasteiger partial charge >= 0.3 is 0 Å². The van der Waals surface area contributed by atoms with Gasteiger partial charge in [-0.25, -0.2) is 13.2 Å². The molecule has 3 aliphatic rings. The van der Waals surface area contributed by atoms with E-state index < -0.39 is 69.8 Å². The van der Waals surface area contributed by atoms with Gasteiger partial charge in [-0.1, -0.05) is 5.16 Å². The van der Waals surface area contributed by atoms with E-state index in [0.29, 0.717) is 31.4 Å². The number of pyridine rings is 1. The van der Waals surface area contributed by atoms with Crippen molar-refractivity contribution < 1.29 is 32.7 Å². The first kappa shape index (κ1) is 25.2. The molecule has 0 radical (unpaired) electrons. The number of carbonyl (C=O) groups excluding carboxylic acids is 2. The van der Waals surface area contributed by atoms with Gasteiger partial charge in [0.2, 0.25) is 5.43 Å². The number of nitrogens with one attached hydrogen (secondary N) is 1. The Morgan fingerprint density at radius 1 is 1.30 bits per heavy atom. The molecule has 5 rings (SSSR count). The summed E-state index contributed by atoms with van der Waals surface area (Å²) in [6.45, 7) is 1.41. The second-order valence-corrected chi connectivity index (χ2v) is 10.3. The number of aromatic hydroxyl groups is 1. The summed E-state index contributed by atoms with van der Waals surface area (Å²) in [5.41, 5.74) is -3.36. The summed E-state index contributed by atoms with van der Waals surface area (Å²) in [5, 5.41) is 18.0. The molecular weight excluding hydrogens is 513 g/mol. The van der Waals surface area contributed by atoms with Gasteiger partial charge in [-0.3, -0.25) is 14.4 Å². The smallest absolute Gasteiger partial charge is 0.274 e. The number of hydrogen-bond donors (Lipinski definition) is 2. The van der Waals surface area contributed by atoms with Crippen molar-refractivity contribution in [1.82, 2.24) is 14.8 Å². The average molecular weight is 537 g/mol. The Balaban J connectivity index is 1.55. The van der Waals surface area contributed by atoms with Gasteiger partial charge in [-0.15, -0.1) is 11.8 Å². The van der Waals surface area contributed by atoms with Crippen molar-refractivity contribution in [2.24, 2.45) is 5.16 Å². The van der Waals surface area contributed by atoms with Crippen molar-refractivity contribution in [3.8, 4) is 5.75 Å². The number of nitrogens with zero attached hydrogens (tertiary/aromatic N) is 3. The number of oxime groups is 1. The van der Waals surface area contributed by atoms with Crippen molar-refractivity contribution in [3.05, 3.63) is 62.8 Å². The minimum Gasteiger partial charge on any atom is -0.503 e. The van der Waals surface area contributed by atoms with Crippen LogP contribution in [0.2, 0.25) is 0 Å². The highest BCUT2D eigenvalue weighted by Gasteiger charge is 2.54. The van der Waals surface area contributed by atoms with E-state index in [1.165, 1.54) is 22.5 Å². The fourth-order valence-electron chi connectivity index (χ4n) is 5.20. The molecule has 3 aliphatic heterocycles. The molecule has 1 saturated heterocycles. The van der Waals surface area contributed by atoms with Crippen LogP contribution in [0.1, 0.15) is 58.6 Å². The van der Waals surface area contributed by atoms with E-state index in [1.807, 2.05) is 13.2 Å². The third kappa shape index (κ3) is 4.05. The van der Waals surface area contributed by atoms with Gasteiger partial charge in [0.25, 0.3) is 11.8 Å². The molecule has 0 unspecified atom stereocenters. The number of benzene rings is 1. The molecule has 13 heteroatoms. The van der Waals surface area contributed by atoms with Crippen molar-refractivity contribution >= 4 is 28.6 Å². The van der Waals surface area contributed by atoms with E-state index in [0.717, 1.165) is 5.04 Å². The molecule has 1 spiro atoms. The van der Waals surface area contributed by atoms with Crippen molar-refractivity contribution in [2.45, 2.75) is 50.4 Å². The summed E-state index contributed by atoms with van der Waals surface area (Å²) in [7, 11) is 0. The summed E-state index contributed by atoms with van der Waals surface area (Å²) >= 11 is 1.43. The highest BCUT2D eigenvalue weighted by molar-refractivity contribution is 8.13. The van der Waals surface area contributed by atoms with Crippen LogP contribution < -0.4 is 10.7 Å². The molecule has 9 nitrogen and oxygen atoms in total. The zero-order valence-electron chi connectivity index (χ0n) is 19.9. The lowest BCUT2D eigenvalue weighted by atomic mass is 9.85. The molecule has 196 valence electrons. The summed E-state index contributed by atoms with van der Waals surface area (Å²) in [4.78, 5) is 46.7. The zero-order chi connectivity index (χ0) is 26.6. The fraction of sp³-hybridized carbons (Fsp3) is 0.417. The number of hydrogen-bond acceptors (Lipinski definition) is 7. The van der Waals surface area contributed by atoms with E-state index in [4.69, 9.17) is 4.84 Å². The molecule has 2 aromatic rings. The van der Waals surface area contributed by atoms with Crippen molar-refractivity contribution in [2.75, 3.05) is 12.8 Å². The summed E-state index contributed by atoms with van der Waals surface area (Å²) in [6, 6.07) is 0.174. The highest BCUT2D eigenvalue weighted by Crippen LogP contribution is 2.47. The third-order valence-corrected chi connectivity index (χ3v) is 7.99. The maximum atomic E-state index is 14.0. The monoisotopic (exact) mass is 536 g/mol. The second-order valence-electron chi connectivity index (χ2n) is 9.39. The van der Waals surface area contributed by atoms with Crippen LogP contribution in [0.15, 0.2) is 28.3 Å². The first-order chi connectivity index (χ1) is 17.6. The second kappa shape index (κ2) is 9.12. The van der Waals surface area contributed by atoms with E-state index >= 15 is 0 Å².